The fourth-order valence-electron chi connectivity index (χ4n) is 3.14. The Labute approximate surface area is 131 Å². The molecule has 0 unspecified atom stereocenters. The minimum Gasteiger partial charge on any atom is -0.324 e. The van der Waals surface area contributed by atoms with Crippen LogP contribution in [-0.4, -0.2) is 27.3 Å². The number of anilines is 2. The highest BCUT2D eigenvalue weighted by Crippen LogP contribution is 2.55. The van der Waals surface area contributed by atoms with Crippen molar-refractivity contribution in [2.45, 2.75) is 23.8 Å². The first kappa shape index (κ1) is 13.4. The zero-order chi connectivity index (χ0) is 15.5. The molecule has 0 aliphatic carbocycles. The molecule has 2 atom stereocenters. The number of hydrogen-bond acceptors (Lipinski definition) is 4. The molecule has 3 heterocycles. The lowest BCUT2D eigenvalue weighted by Crippen LogP contribution is -2.34. The molecule has 7 heteroatoms. The number of nitrogens with zero attached hydrogens (tertiary/aromatic N) is 1. The van der Waals surface area contributed by atoms with Gasteiger partial charge in [0.15, 0.2) is 10.6 Å². The lowest BCUT2D eigenvalue weighted by molar-refractivity contribution is -0.117. The standard InChI is InChI=1S/C15H14N4O2S/c1-7-11-12(19-18-7)17-13(20)8(2)22-15(11)9-5-3-4-6-10(9)16-14(15)21/h3-6,8H,1-2H3,(H,16,21)(H2,17,18,19,20)/t8-,15+/m0/s1. The van der Waals surface area contributed by atoms with Crippen LogP contribution in [0.4, 0.5) is 11.5 Å². The van der Waals surface area contributed by atoms with Gasteiger partial charge in [0, 0.05) is 22.5 Å². The summed E-state index contributed by atoms with van der Waals surface area (Å²) in [5.41, 5.74) is 3.17. The summed E-state index contributed by atoms with van der Waals surface area (Å²) >= 11 is 1.35. The number of nitrogens with one attached hydrogen (secondary N) is 3. The van der Waals surface area contributed by atoms with Crippen molar-refractivity contribution in [3.05, 3.63) is 41.1 Å². The second-order valence-corrected chi connectivity index (χ2v) is 7.06. The van der Waals surface area contributed by atoms with Crippen LogP contribution in [0, 0.1) is 6.92 Å². The number of thioether (sulfide) groups is 1. The van der Waals surface area contributed by atoms with Gasteiger partial charge in [-0.2, -0.15) is 5.10 Å². The van der Waals surface area contributed by atoms with E-state index in [9.17, 15) is 9.59 Å². The van der Waals surface area contributed by atoms with Gasteiger partial charge in [-0.3, -0.25) is 14.7 Å². The molecule has 2 aliphatic rings. The number of carbonyl (C=O) groups is 2. The first-order valence-corrected chi connectivity index (χ1v) is 7.87. The van der Waals surface area contributed by atoms with Crippen LogP contribution in [0.25, 0.3) is 0 Å². The Morgan fingerprint density at radius 1 is 1.23 bits per heavy atom. The smallest absolute Gasteiger partial charge is 0.250 e. The number of para-hydroxylation sites is 1. The first-order chi connectivity index (χ1) is 10.5. The number of amides is 2. The van der Waals surface area contributed by atoms with Gasteiger partial charge in [0.05, 0.1) is 5.25 Å². The molecule has 1 aromatic carbocycles. The van der Waals surface area contributed by atoms with Gasteiger partial charge in [-0.05, 0) is 19.9 Å². The highest BCUT2D eigenvalue weighted by Gasteiger charge is 2.54. The van der Waals surface area contributed by atoms with Gasteiger partial charge >= 0.3 is 0 Å². The van der Waals surface area contributed by atoms with Gasteiger partial charge in [0.1, 0.15) is 0 Å². The molecule has 0 saturated heterocycles. The van der Waals surface area contributed by atoms with Gasteiger partial charge in [0.25, 0.3) is 0 Å². The predicted octanol–water partition coefficient (Wildman–Crippen LogP) is 1.99. The first-order valence-electron chi connectivity index (χ1n) is 6.99. The second-order valence-electron chi connectivity index (χ2n) is 5.50. The number of aromatic nitrogens is 2. The number of carbonyl (C=O) groups excluding carboxylic acids is 2. The number of fused-ring (bicyclic) bond motifs is 4. The maximum Gasteiger partial charge on any atom is 0.250 e. The molecule has 0 radical (unpaired) electrons. The molecule has 6 nitrogen and oxygen atoms in total. The van der Waals surface area contributed by atoms with E-state index < -0.39 is 4.75 Å². The summed E-state index contributed by atoms with van der Waals surface area (Å²) in [5.74, 6) is 0.158. The number of aryl methyl sites for hydroxylation is 1. The quantitative estimate of drug-likeness (QED) is 0.694. The van der Waals surface area contributed by atoms with Crippen LogP contribution in [0.1, 0.15) is 23.7 Å². The van der Waals surface area contributed by atoms with E-state index in [2.05, 4.69) is 20.8 Å². The number of aromatic amines is 1. The van der Waals surface area contributed by atoms with E-state index in [0.717, 1.165) is 22.5 Å². The fraction of sp³-hybridized carbons (Fsp3) is 0.267. The number of benzene rings is 1. The van der Waals surface area contributed by atoms with E-state index in [-0.39, 0.29) is 17.1 Å². The number of hydrogen-bond donors (Lipinski definition) is 3. The van der Waals surface area contributed by atoms with Crippen molar-refractivity contribution >= 4 is 35.1 Å². The maximum absolute atomic E-state index is 12.9. The lowest BCUT2D eigenvalue weighted by Gasteiger charge is -2.27. The Morgan fingerprint density at radius 2 is 2.00 bits per heavy atom. The minimum absolute atomic E-state index is 0.132. The summed E-state index contributed by atoms with van der Waals surface area (Å²) in [6, 6.07) is 7.60. The predicted molar refractivity (Wildman–Crippen MR) is 84.9 cm³/mol. The molecule has 0 fully saturated rings. The topological polar surface area (TPSA) is 86.9 Å². The zero-order valence-electron chi connectivity index (χ0n) is 12.1. The maximum atomic E-state index is 12.9. The summed E-state index contributed by atoms with van der Waals surface area (Å²) in [6.45, 7) is 3.67. The monoisotopic (exact) mass is 314 g/mol. The molecule has 2 aromatic rings. The summed E-state index contributed by atoms with van der Waals surface area (Å²) in [5, 5.41) is 12.4. The van der Waals surface area contributed by atoms with E-state index in [1.165, 1.54) is 11.8 Å². The average molecular weight is 314 g/mol. The Morgan fingerprint density at radius 3 is 2.82 bits per heavy atom. The minimum atomic E-state index is -0.957. The Balaban J connectivity index is 2.06. The zero-order valence-corrected chi connectivity index (χ0v) is 12.9. The van der Waals surface area contributed by atoms with E-state index in [4.69, 9.17) is 0 Å². The van der Waals surface area contributed by atoms with Crippen molar-refractivity contribution in [2.75, 3.05) is 10.6 Å². The molecule has 2 amide bonds. The van der Waals surface area contributed by atoms with Gasteiger partial charge in [-0.25, -0.2) is 0 Å². The molecule has 112 valence electrons. The highest BCUT2D eigenvalue weighted by molar-refractivity contribution is 8.02. The summed E-state index contributed by atoms with van der Waals surface area (Å²) in [4.78, 5) is 25.1. The molecule has 1 spiro atoms. The van der Waals surface area contributed by atoms with Crippen LogP contribution >= 0.6 is 11.8 Å². The normalized spacial score (nSPS) is 26.2. The van der Waals surface area contributed by atoms with Crippen molar-refractivity contribution in [3.8, 4) is 0 Å². The van der Waals surface area contributed by atoms with Gasteiger partial charge in [-0.15, -0.1) is 11.8 Å². The van der Waals surface area contributed by atoms with Crippen LogP contribution in [0.15, 0.2) is 24.3 Å². The largest absolute Gasteiger partial charge is 0.324 e. The lowest BCUT2D eigenvalue weighted by atomic mass is 9.91. The molecule has 3 N–H and O–H groups in total. The van der Waals surface area contributed by atoms with Crippen molar-refractivity contribution in [3.63, 3.8) is 0 Å². The molecular weight excluding hydrogens is 300 g/mol. The Hall–Kier alpha value is -2.28. The van der Waals surface area contributed by atoms with Gasteiger partial charge in [0.2, 0.25) is 11.8 Å². The van der Waals surface area contributed by atoms with Crippen LogP contribution < -0.4 is 10.6 Å². The van der Waals surface area contributed by atoms with Gasteiger partial charge in [-0.1, -0.05) is 18.2 Å². The van der Waals surface area contributed by atoms with E-state index in [1.807, 2.05) is 31.2 Å². The molecular formula is C15H14N4O2S. The number of H-pyrrole nitrogens is 1. The molecule has 0 bridgehead atoms. The third kappa shape index (κ3) is 1.54. The van der Waals surface area contributed by atoms with E-state index >= 15 is 0 Å². The fourth-order valence-corrected chi connectivity index (χ4v) is 4.67. The Bertz CT molecular complexity index is 816. The van der Waals surface area contributed by atoms with Crippen LogP contribution in [0.3, 0.4) is 0 Å². The van der Waals surface area contributed by atoms with Crippen LogP contribution in [-0.2, 0) is 14.3 Å². The third-order valence-electron chi connectivity index (χ3n) is 4.14. The molecule has 1 aromatic heterocycles. The SMILES string of the molecule is Cc1[nH]nc2c1[C@@]1(S[C@@H](C)C(=O)N2)C(=O)Nc2ccccc21. The van der Waals surface area contributed by atoms with Crippen molar-refractivity contribution < 1.29 is 9.59 Å². The molecule has 2 aliphatic heterocycles. The number of rotatable bonds is 0. The van der Waals surface area contributed by atoms with Crippen molar-refractivity contribution in [2.24, 2.45) is 0 Å². The van der Waals surface area contributed by atoms with E-state index in [0.29, 0.717) is 5.82 Å². The van der Waals surface area contributed by atoms with Crippen molar-refractivity contribution in [1.82, 2.24) is 10.2 Å². The molecule has 4 rings (SSSR count). The molecule has 22 heavy (non-hydrogen) atoms. The van der Waals surface area contributed by atoms with Crippen LogP contribution in [0.5, 0.6) is 0 Å². The van der Waals surface area contributed by atoms with Crippen molar-refractivity contribution in [1.29, 1.82) is 0 Å². The molecule has 0 saturated carbocycles. The summed E-state index contributed by atoms with van der Waals surface area (Å²) in [6.07, 6.45) is 0. The third-order valence-corrected chi connectivity index (χ3v) is 5.67. The average Bonchev–Trinajstić information content (AvgIpc) is 2.94. The summed E-state index contributed by atoms with van der Waals surface area (Å²) in [7, 11) is 0. The highest BCUT2D eigenvalue weighted by atomic mass is 32.2. The Kier molecular flexibility index (Phi) is 2.65. The van der Waals surface area contributed by atoms with Gasteiger partial charge < -0.3 is 10.6 Å². The van der Waals surface area contributed by atoms with Crippen LogP contribution in [0.2, 0.25) is 0 Å². The summed E-state index contributed by atoms with van der Waals surface area (Å²) < 4.78 is -0.957. The second kappa shape index (κ2) is 4.36. The van der Waals surface area contributed by atoms with E-state index in [1.54, 1.807) is 6.92 Å².